The maximum absolute atomic E-state index is 9.17. The zero-order chi connectivity index (χ0) is 15.8. The maximum atomic E-state index is 9.17. The fourth-order valence-corrected chi connectivity index (χ4v) is 1.21. The van der Waals surface area contributed by atoms with Gasteiger partial charge in [0.05, 0.1) is 7.05 Å². The van der Waals surface area contributed by atoms with Crippen molar-refractivity contribution >= 4 is 10.4 Å². The zero-order valence-corrected chi connectivity index (χ0v) is 13.3. The molecule has 0 radical (unpaired) electrons. The van der Waals surface area contributed by atoms with Gasteiger partial charge in [0, 0.05) is 24.2 Å². The standard InChI is InChI=1S/C7H13N2O.C3H4N2.ClH.H2O4S/c1-6-8(3)4-5-9(6)7(2)10;1-2-5-3-4-1;;1-5(2,3)4/h4-5,7,10H,1-3H3;1-3H,(H,4,5);1H;(H2,1,2,3,4)/q+1;;;/p-2. The maximum Gasteiger partial charge on any atom is 0.255 e. The second-order valence-corrected chi connectivity index (χ2v) is 4.53. The molecule has 3 N–H and O–H groups in total. The molecule has 0 saturated carbocycles. The Bertz CT molecular complexity index is 557. The van der Waals surface area contributed by atoms with E-state index in [4.69, 9.17) is 22.6 Å². The molecule has 0 fully saturated rings. The first-order valence-electron chi connectivity index (χ1n) is 5.49. The number of aryl methyl sites for hydroxylation is 1. The number of hydrogen-bond acceptors (Lipinski definition) is 5. The molecule has 0 amide bonds. The lowest BCUT2D eigenvalue weighted by Crippen LogP contribution is -3.00. The summed E-state index contributed by atoms with van der Waals surface area (Å²) in [6.45, 7) is 3.71. The average molecular weight is 342 g/mol. The summed E-state index contributed by atoms with van der Waals surface area (Å²) in [5, 5.41) is 9.17. The number of rotatable bonds is 1. The second kappa shape index (κ2) is 10.3. The Morgan fingerprint density at radius 3 is 2.14 bits per heavy atom. The molecule has 0 aliphatic heterocycles. The molecule has 2 aromatic heterocycles. The van der Waals surface area contributed by atoms with Gasteiger partial charge in [-0.1, -0.05) is 0 Å². The summed E-state index contributed by atoms with van der Waals surface area (Å²) in [7, 11) is -3.21. The third-order valence-corrected chi connectivity index (χ3v) is 2.18. The van der Waals surface area contributed by atoms with Crippen LogP contribution in [0, 0.1) is 6.92 Å². The van der Waals surface area contributed by atoms with Crippen LogP contribution in [-0.2, 0) is 17.4 Å². The number of aliphatic hydroxyl groups is 1. The molecule has 122 valence electrons. The van der Waals surface area contributed by atoms with E-state index in [0.29, 0.717) is 0 Å². The van der Waals surface area contributed by atoms with Gasteiger partial charge in [-0.3, -0.25) is 18.4 Å². The molecule has 1 unspecified atom stereocenters. The molecule has 11 heteroatoms. The van der Waals surface area contributed by atoms with E-state index in [-0.39, 0.29) is 12.4 Å². The summed E-state index contributed by atoms with van der Waals surface area (Å²) < 4.78 is 37.9. The second-order valence-electron chi connectivity index (χ2n) is 3.71. The number of halogens is 1. The topological polar surface area (TPSA) is 139 Å². The third kappa shape index (κ3) is 12.0. The Hall–Kier alpha value is -1.46. The van der Waals surface area contributed by atoms with Crippen molar-refractivity contribution < 1.29 is 44.6 Å². The van der Waals surface area contributed by atoms with Crippen molar-refractivity contribution in [3.8, 4) is 0 Å². The number of imidazole rings is 2. The predicted octanol–water partition coefficient (Wildman–Crippen LogP) is -4.37. The third-order valence-electron chi connectivity index (χ3n) is 2.18. The monoisotopic (exact) mass is 341 g/mol. The molecule has 0 bridgehead atoms. The van der Waals surface area contributed by atoms with Crippen LogP contribution >= 0.6 is 0 Å². The zero-order valence-electron chi connectivity index (χ0n) is 11.7. The van der Waals surface area contributed by atoms with Crippen molar-refractivity contribution in [2.24, 2.45) is 7.05 Å². The van der Waals surface area contributed by atoms with Crippen molar-refractivity contribution in [1.82, 2.24) is 9.55 Å². The molecule has 2 aromatic rings. The Kier molecular flexibility index (Phi) is 10.7. The van der Waals surface area contributed by atoms with Crippen LogP contribution in [-0.4, -0.2) is 32.2 Å². The normalized spacial score (nSPS) is 11.1. The highest BCUT2D eigenvalue weighted by molar-refractivity contribution is 7.79. The van der Waals surface area contributed by atoms with Crippen molar-refractivity contribution in [1.29, 1.82) is 0 Å². The molecule has 0 spiro atoms. The SMILES string of the molecule is Cc1n(C(C)O)cc[n+]1C.O=S(=O)([O-])[O-].[Cl-].c1c[nH+]c[nH]1. The van der Waals surface area contributed by atoms with Gasteiger partial charge in [-0.05, 0) is 0 Å². The van der Waals surface area contributed by atoms with E-state index in [1.165, 1.54) is 0 Å². The number of aromatic amines is 2. The molecule has 0 saturated heterocycles. The average Bonchev–Trinajstić information content (AvgIpc) is 2.91. The summed E-state index contributed by atoms with van der Waals surface area (Å²) in [5.41, 5.74) is 0. The molecule has 9 nitrogen and oxygen atoms in total. The summed E-state index contributed by atoms with van der Waals surface area (Å²) in [5.74, 6) is 1.05. The van der Waals surface area contributed by atoms with Gasteiger partial charge in [0.15, 0.2) is 6.23 Å². The van der Waals surface area contributed by atoms with Crippen LogP contribution in [0.25, 0.3) is 0 Å². The minimum absolute atomic E-state index is 0. The molecule has 2 heterocycles. The number of aromatic nitrogens is 4. The van der Waals surface area contributed by atoms with E-state index < -0.39 is 16.6 Å². The lowest BCUT2D eigenvalue weighted by Gasteiger charge is -2.06. The minimum Gasteiger partial charge on any atom is -1.00 e. The molecule has 0 aliphatic carbocycles. The molecule has 0 aliphatic rings. The predicted molar refractivity (Wildman–Crippen MR) is 65.1 cm³/mol. The molecule has 2 rings (SSSR count). The lowest BCUT2D eigenvalue weighted by atomic mass is 10.6. The van der Waals surface area contributed by atoms with Gasteiger partial charge in [0.25, 0.3) is 5.82 Å². The molecule has 1 atom stereocenters. The van der Waals surface area contributed by atoms with E-state index in [1.54, 1.807) is 17.8 Å². The van der Waals surface area contributed by atoms with E-state index >= 15 is 0 Å². The van der Waals surface area contributed by atoms with Crippen LogP contribution in [0.4, 0.5) is 0 Å². The van der Waals surface area contributed by atoms with Crippen LogP contribution in [0.1, 0.15) is 19.0 Å². The fraction of sp³-hybridized carbons (Fsp3) is 0.400. The number of hydrogen-bond donors (Lipinski definition) is 2. The fourth-order valence-electron chi connectivity index (χ4n) is 1.21. The van der Waals surface area contributed by atoms with E-state index in [1.807, 2.05) is 43.3 Å². The van der Waals surface area contributed by atoms with Gasteiger partial charge in [0.1, 0.15) is 24.8 Å². The summed E-state index contributed by atoms with van der Waals surface area (Å²) in [6.07, 6.45) is 8.74. The van der Waals surface area contributed by atoms with Gasteiger partial charge in [-0.25, -0.2) is 9.13 Å². The van der Waals surface area contributed by atoms with Gasteiger partial charge in [-0.2, -0.15) is 0 Å². The van der Waals surface area contributed by atoms with Gasteiger partial charge in [0.2, 0.25) is 6.33 Å². The Morgan fingerprint density at radius 1 is 1.48 bits per heavy atom. The Balaban J connectivity index is 0. The van der Waals surface area contributed by atoms with Crippen molar-refractivity contribution in [3.05, 3.63) is 36.9 Å². The highest BCUT2D eigenvalue weighted by atomic mass is 35.5. The molecular formula is C10H18ClN4O5S-. The van der Waals surface area contributed by atoms with Crippen LogP contribution in [0.5, 0.6) is 0 Å². The van der Waals surface area contributed by atoms with Crippen LogP contribution in [0.15, 0.2) is 31.1 Å². The molecule has 0 aromatic carbocycles. The Morgan fingerprint density at radius 2 is 2.00 bits per heavy atom. The first-order valence-corrected chi connectivity index (χ1v) is 6.83. The van der Waals surface area contributed by atoms with Gasteiger partial charge >= 0.3 is 0 Å². The van der Waals surface area contributed by atoms with Crippen molar-refractivity contribution in [2.75, 3.05) is 0 Å². The number of H-pyrrole nitrogens is 2. The van der Waals surface area contributed by atoms with E-state index in [0.717, 1.165) is 5.82 Å². The summed E-state index contributed by atoms with van der Waals surface area (Å²) in [6, 6.07) is 0. The molecular weight excluding hydrogens is 324 g/mol. The summed E-state index contributed by atoms with van der Waals surface area (Å²) >= 11 is 0. The number of nitrogens with one attached hydrogen (secondary N) is 2. The smallest absolute Gasteiger partial charge is 0.255 e. The lowest BCUT2D eigenvalue weighted by molar-refractivity contribution is -0.677. The number of aliphatic hydroxyl groups excluding tert-OH is 1. The van der Waals surface area contributed by atoms with Gasteiger partial charge in [-0.15, -0.1) is 0 Å². The first-order chi connectivity index (χ1) is 9.13. The van der Waals surface area contributed by atoms with Crippen LogP contribution in [0.2, 0.25) is 0 Å². The summed E-state index contributed by atoms with van der Waals surface area (Å²) in [4.78, 5) is 5.61. The number of nitrogens with zero attached hydrogens (tertiary/aromatic N) is 2. The highest BCUT2D eigenvalue weighted by Gasteiger charge is 2.11. The molecule has 21 heavy (non-hydrogen) atoms. The van der Waals surface area contributed by atoms with Crippen LogP contribution < -0.4 is 22.0 Å². The highest BCUT2D eigenvalue weighted by Crippen LogP contribution is 2.01. The van der Waals surface area contributed by atoms with Crippen molar-refractivity contribution in [2.45, 2.75) is 20.1 Å². The van der Waals surface area contributed by atoms with E-state index in [9.17, 15) is 0 Å². The first kappa shape index (κ1) is 21.8. The minimum atomic E-state index is -5.17. The quantitative estimate of drug-likeness (QED) is 0.306. The largest absolute Gasteiger partial charge is 1.00 e. The van der Waals surface area contributed by atoms with Gasteiger partial charge < -0.3 is 26.6 Å². The van der Waals surface area contributed by atoms with E-state index in [2.05, 4.69) is 9.97 Å². The van der Waals surface area contributed by atoms with Crippen LogP contribution in [0.3, 0.4) is 0 Å². The van der Waals surface area contributed by atoms with Crippen molar-refractivity contribution in [3.63, 3.8) is 0 Å². The Labute approximate surface area is 129 Å².